The summed E-state index contributed by atoms with van der Waals surface area (Å²) in [4.78, 5) is 22.5. The molecule has 1 unspecified atom stereocenters. The fraction of sp³-hybridized carbons (Fsp3) is 0.385. The van der Waals surface area contributed by atoms with Crippen LogP contribution in [0.4, 0.5) is 5.69 Å². The quantitative estimate of drug-likeness (QED) is 0.621. The second-order valence-electron chi connectivity index (χ2n) is 4.24. The number of amides is 1. The van der Waals surface area contributed by atoms with E-state index in [1.165, 1.54) is 18.2 Å². The minimum atomic E-state index is -1.21. The minimum absolute atomic E-state index is 0.191. The Morgan fingerprint density at radius 1 is 1.37 bits per heavy atom. The summed E-state index contributed by atoms with van der Waals surface area (Å²) in [6.45, 7) is 5.07. The summed E-state index contributed by atoms with van der Waals surface area (Å²) in [6.07, 6.45) is 0. The number of rotatable bonds is 6. The zero-order valence-electron chi connectivity index (χ0n) is 10.9. The Kier molecular flexibility index (Phi) is 5.32. The van der Waals surface area contributed by atoms with Crippen LogP contribution in [0.25, 0.3) is 0 Å². The van der Waals surface area contributed by atoms with Gasteiger partial charge in [0.25, 0.3) is 0 Å². The van der Waals surface area contributed by atoms with Gasteiger partial charge in [0.1, 0.15) is 11.3 Å². The second kappa shape index (κ2) is 6.75. The summed E-state index contributed by atoms with van der Waals surface area (Å²) in [7, 11) is 0. The fourth-order valence-electron chi connectivity index (χ4n) is 1.51. The Hall–Kier alpha value is -2.08. The van der Waals surface area contributed by atoms with Crippen molar-refractivity contribution < 1.29 is 19.8 Å². The number of benzene rings is 1. The molecule has 0 radical (unpaired) electrons. The van der Waals surface area contributed by atoms with Crippen LogP contribution in [0.3, 0.4) is 0 Å². The molecule has 0 saturated carbocycles. The van der Waals surface area contributed by atoms with Crippen molar-refractivity contribution in [1.82, 2.24) is 5.32 Å². The summed E-state index contributed by atoms with van der Waals surface area (Å²) in [5, 5.41) is 24.0. The Balaban J connectivity index is 2.70. The van der Waals surface area contributed by atoms with E-state index >= 15 is 0 Å². The van der Waals surface area contributed by atoms with E-state index < -0.39 is 5.97 Å². The number of anilines is 1. The van der Waals surface area contributed by atoms with Crippen LogP contribution in [0.15, 0.2) is 18.2 Å². The number of hydrogen-bond acceptors (Lipinski definition) is 4. The fourth-order valence-corrected chi connectivity index (χ4v) is 1.51. The molecule has 1 aromatic rings. The first-order valence-corrected chi connectivity index (χ1v) is 6.03. The van der Waals surface area contributed by atoms with Crippen molar-refractivity contribution in [3.05, 3.63) is 23.8 Å². The molecular formula is C13H18N2O4. The second-order valence-corrected chi connectivity index (χ2v) is 4.24. The van der Waals surface area contributed by atoms with Gasteiger partial charge in [-0.3, -0.25) is 4.79 Å². The smallest absolute Gasteiger partial charge is 0.339 e. The maximum absolute atomic E-state index is 11.8. The molecule has 0 aliphatic heterocycles. The monoisotopic (exact) mass is 266 g/mol. The maximum Gasteiger partial charge on any atom is 0.339 e. The van der Waals surface area contributed by atoms with Crippen LogP contribution in [0.5, 0.6) is 5.75 Å². The van der Waals surface area contributed by atoms with Crippen LogP contribution in [0.1, 0.15) is 24.2 Å². The highest BCUT2D eigenvalue weighted by molar-refractivity contribution is 5.95. The van der Waals surface area contributed by atoms with Crippen LogP contribution in [-0.2, 0) is 4.79 Å². The molecule has 6 nitrogen and oxygen atoms in total. The highest BCUT2D eigenvalue weighted by atomic mass is 16.4. The van der Waals surface area contributed by atoms with E-state index in [2.05, 4.69) is 10.6 Å². The summed E-state index contributed by atoms with van der Waals surface area (Å²) in [5.74, 6) is -2.00. The van der Waals surface area contributed by atoms with Gasteiger partial charge >= 0.3 is 5.97 Å². The van der Waals surface area contributed by atoms with E-state index in [0.717, 1.165) is 6.54 Å². The molecule has 0 bridgehead atoms. The van der Waals surface area contributed by atoms with Crippen molar-refractivity contribution in [3.8, 4) is 5.75 Å². The van der Waals surface area contributed by atoms with Crippen molar-refractivity contribution in [2.24, 2.45) is 5.92 Å². The number of carbonyl (C=O) groups is 2. The van der Waals surface area contributed by atoms with E-state index in [1.54, 1.807) is 6.92 Å². The van der Waals surface area contributed by atoms with E-state index in [4.69, 9.17) is 5.11 Å². The normalized spacial score (nSPS) is 11.9. The molecule has 4 N–H and O–H groups in total. The molecule has 1 amide bonds. The zero-order chi connectivity index (χ0) is 14.4. The van der Waals surface area contributed by atoms with Crippen LogP contribution in [0.2, 0.25) is 0 Å². The van der Waals surface area contributed by atoms with E-state index in [1.807, 2.05) is 6.92 Å². The van der Waals surface area contributed by atoms with Crippen molar-refractivity contribution in [2.75, 3.05) is 18.4 Å². The molecule has 6 heteroatoms. The van der Waals surface area contributed by atoms with Crippen molar-refractivity contribution in [2.45, 2.75) is 13.8 Å². The molecule has 0 aliphatic carbocycles. The van der Waals surface area contributed by atoms with Gasteiger partial charge in [0, 0.05) is 24.2 Å². The van der Waals surface area contributed by atoms with Crippen molar-refractivity contribution in [3.63, 3.8) is 0 Å². The lowest BCUT2D eigenvalue weighted by atomic mass is 10.1. The average Bonchev–Trinajstić information content (AvgIpc) is 2.35. The van der Waals surface area contributed by atoms with Crippen LogP contribution >= 0.6 is 0 Å². The molecule has 0 aliphatic rings. The van der Waals surface area contributed by atoms with Crippen molar-refractivity contribution in [1.29, 1.82) is 0 Å². The van der Waals surface area contributed by atoms with Crippen LogP contribution < -0.4 is 10.6 Å². The third-order valence-electron chi connectivity index (χ3n) is 2.64. The van der Waals surface area contributed by atoms with Gasteiger partial charge in [0.15, 0.2) is 0 Å². The molecule has 0 heterocycles. The molecule has 1 atom stereocenters. The molecule has 19 heavy (non-hydrogen) atoms. The predicted octanol–water partition coefficient (Wildman–Crippen LogP) is 1.27. The molecule has 1 aromatic carbocycles. The van der Waals surface area contributed by atoms with Gasteiger partial charge in [-0.2, -0.15) is 0 Å². The molecule has 0 fully saturated rings. The minimum Gasteiger partial charge on any atom is -0.507 e. The average molecular weight is 266 g/mol. The standard InChI is InChI=1S/C13H18N2O4/c1-3-14-7-8(2)12(17)15-9-4-5-10(13(18)19)11(16)6-9/h4-6,8,14,16H,3,7H2,1-2H3,(H,15,17)(H,18,19). The molecule has 0 saturated heterocycles. The number of hydrogen-bond donors (Lipinski definition) is 4. The number of carboxylic acids is 1. The molecule has 1 rings (SSSR count). The molecular weight excluding hydrogens is 248 g/mol. The number of carbonyl (C=O) groups excluding carboxylic acids is 1. The highest BCUT2D eigenvalue weighted by Crippen LogP contribution is 2.22. The van der Waals surface area contributed by atoms with Gasteiger partial charge in [-0.15, -0.1) is 0 Å². The van der Waals surface area contributed by atoms with Gasteiger partial charge in [-0.1, -0.05) is 13.8 Å². The number of aromatic hydroxyl groups is 1. The summed E-state index contributed by atoms with van der Waals surface area (Å²) >= 11 is 0. The van der Waals surface area contributed by atoms with Gasteiger partial charge in [-0.25, -0.2) is 4.79 Å². The van der Waals surface area contributed by atoms with E-state index in [-0.39, 0.29) is 23.1 Å². The number of nitrogens with one attached hydrogen (secondary N) is 2. The third kappa shape index (κ3) is 4.26. The lowest BCUT2D eigenvalue weighted by Crippen LogP contribution is -2.30. The molecule has 104 valence electrons. The van der Waals surface area contributed by atoms with Crippen LogP contribution in [0, 0.1) is 5.92 Å². The Bertz CT molecular complexity index is 474. The zero-order valence-corrected chi connectivity index (χ0v) is 10.9. The lowest BCUT2D eigenvalue weighted by Gasteiger charge is -2.13. The first kappa shape index (κ1) is 15.0. The van der Waals surface area contributed by atoms with E-state index in [0.29, 0.717) is 12.2 Å². The maximum atomic E-state index is 11.8. The highest BCUT2D eigenvalue weighted by Gasteiger charge is 2.14. The largest absolute Gasteiger partial charge is 0.507 e. The first-order valence-electron chi connectivity index (χ1n) is 6.03. The predicted molar refractivity (Wildman–Crippen MR) is 71.4 cm³/mol. The van der Waals surface area contributed by atoms with Gasteiger partial charge in [-0.05, 0) is 18.7 Å². The Labute approximate surface area is 111 Å². The van der Waals surface area contributed by atoms with Gasteiger partial charge < -0.3 is 20.8 Å². The Morgan fingerprint density at radius 3 is 2.58 bits per heavy atom. The first-order chi connectivity index (χ1) is 8.95. The summed E-state index contributed by atoms with van der Waals surface area (Å²) in [6, 6.07) is 3.92. The summed E-state index contributed by atoms with van der Waals surface area (Å²) < 4.78 is 0. The number of aromatic carboxylic acids is 1. The SMILES string of the molecule is CCNCC(C)C(=O)Nc1ccc(C(=O)O)c(O)c1. The topological polar surface area (TPSA) is 98.7 Å². The third-order valence-corrected chi connectivity index (χ3v) is 2.64. The van der Waals surface area contributed by atoms with Gasteiger partial charge in [0.2, 0.25) is 5.91 Å². The molecule has 0 spiro atoms. The van der Waals surface area contributed by atoms with E-state index in [9.17, 15) is 14.7 Å². The Morgan fingerprint density at radius 2 is 2.05 bits per heavy atom. The van der Waals surface area contributed by atoms with Gasteiger partial charge in [0.05, 0.1) is 0 Å². The van der Waals surface area contributed by atoms with Crippen LogP contribution in [-0.4, -0.2) is 35.2 Å². The molecule has 0 aromatic heterocycles. The number of phenols is 1. The summed E-state index contributed by atoms with van der Waals surface area (Å²) in [5.41, 5.74) is 0.176. The van der Waals surface area contributed by atoms with Crippen molar-refractivity contribution >= 4 is 17.6 Å². The lowest BCUT2D eigenvalue weighted by molar-refractivity contribution is -0.119. The number of carboxylic acid groups (broad SMARTS) is 1.